The van der Waals surface area contributed by atoms with E-state index in [1.165, 1.54) is 6.92 Å². The zero-order chi connectivity index (χ0) is 19.1. The number of nitrogens with zero attached hydrogens (tertiary/aromatic N) is 1. The molecule has 1 aliphatic carbocycles. The molecule has 2 aliphatic rings. The Morgan fingerprint density at radius 1 is 1.15 bits per heavy atom. The van der Waals surface area contributed by atoms with Crippen LogP contribution in [0.3, 0.4) is 0 Å². The lowest BCUT2D eigenvalue weighted by Gasteiger charge is -2.33. The summed E-state index contributed by atoms with van der Waals surface area (Å²) in [5, 5.41) is 4.35. The minimum atomic E-state index is -0.591. The number of amides is 1. The second-order valence-corrected chi connectivity index (χ2v) is 7.61. The van der Waals surface area contributed by atoms with Crippen LogP contribution >= 0.6 is 23.2 Å². The maximum Gasteiger partial charge on any atom is 0.224 e. The topological polar surface area (TPSA) is 49.4 Å². The number of fused-ring (bicyclic) bond motifs is 1. The van der Waals surface area contributed by atoms with Crippen LogP contribution in [0.25, 0.3) is 0 Å². The van der Waals surface area contributed by atoms with Gasteiger partial charge in [0.1, 0.15) is 0 Å². The lowest BCUT2D eigenvalue weighted by molar-refractivity contribution is -0.117. The SMILES string of the molecule is CC(=O)N1c2ccccc2NC2=C(C(=O)CCC2)[C@@H]1c1ccc(Cl)cc1Cl. The van der Waals surface area contributed by atoms with Gasteiger partial charge in [-0.2, -0.15) is 0 Å². The summed E-state index contributed by atoms with van der Waals surface area (Å²) < 4.78 is 0. The standard InChI is InChI=1S/C21H18Cl2N2O2/c1-12(26)25-18-7-3-2-5-16(18)24-17-6-4-8-19(27)20(17)21(25)14-10-9-13(22)11-15(14)23/h2-3,5,7,9-11,21,24H,4,6,8H2,1H3/t21-/m0/s1. The van der Waals surface area contributed by atoms with Crippen LogP contribution in [0.15, 0.2) is 53.7 Å². The van der Waals surface area contributed by atoms with Crippen molar-refractivity contribution in [2.75, 3.05) is 10.2 Å². The highest BCUT2D eigenvalue weighted by molar-refractivity contribution is 6.35. The number of Topliss-reactive ketones (excluding diaryl/α,β-unsaturated/α-hetero) is 1. The van der Waals surface area contributed by atoms with Crippen molar-refractivity contribution in [3.8, 4) is 0 Å². The average Bonchev–Trinajstić information content (AvgIpc) is 2.76. The van der Waals surface area contributed by atoms with E-state index >= 15 is 0 Å². The molecule has 2 aromatic carbocycles. The van der Waals surface area contributed by atoms with Crippen LogP contribution in [0.5, 0.6) is 0 Å². The van der Waals surface area contributed by atoms with Crippen molar-refractivity contribution in [1.29, 1.82) is 0 Å². The number of para-hydroxylation sites is 2. The molecule has 0 aromatic heterocycles. The number of rotatable bonds is 1. The van der Waals surface area contributed by atoms with E-state index in [0.29, 0.717) is 27.6 Å². The van der Waals surface area contributed by atoms with Crippen molar-refractivity contribution in [3.05, 3.63) is 69.3 Å². The van der Waals surface area contributed by atoms with Crippen LogP contribution in [-0.4, -0.2) is 11.7 Å². The molecule has 1 aliphatic heterocycles. The Kier molecular flexibility index (Phi) is 4.70. The molecule has 1 atom stereocenters. The first kappa shape index (κ1) is 18.1. The van der Waals surface area contributed by atoms with E-state index in [9.17, 15) is 9.59 Å². The number of anilines is 2. The molecular formula is C21H18Cl2N2O2. The highest BCUT2D eigenvalue weighted by atomic mass is 35.5. The van der Waals surface area contributed by atoms with Gasteiger partial charge in [0.05, 0.1) is 17.4 Å². The van der Waals surface area contributed by atoms with E-state index in [0.717, 1.165) is 29.9 Å². The second-order valence-electron chi connectivity index (χ2n) is 6.77. The second kappa shape index (κ2) is 7.02. The van der Waals surface area contributed by atoms with Crippen LogP contribution in [0.1, 0.15) is 37.8 Å². The first-order valence-electron chi connectivity index (χ1n) is 8.84. The molecule has 138 valence electrons. The minimum absolute atomic E-state index is 0.0406. The lowest BCUT2D eigenvalue weighted by Crippen LogP contribution is -2.36. The summed E-state index contributed by atoms with van der Waals surface area (Å²) in [4.78, 5) is 27.4. The van der Waals surface area contributed by atoms with Crippen LogP contribution in [0.4, 0.5) is 11.4 Å². The summed E-state index contributed by atoms with van der Waals surface area (Å²) in [5.74, 6) is -0.119. The number of carbonyl (C=O) groups excluding carboxylic acids is 2. The van der Waals surface area contributed by atoms with E-state index in [1.807, 2.05) is 24.3 Å². The number of hydrogen-bond donors (Lipinski definition) is 1. The number of nitrogens with one attached hydrogen (secondary N) is 1. The number of ketones is 1. The lowest BCUT2D eigenvalue weighted by atomic mass is 9.86. The number of hydrogen-bond acceptors (Lipinski definition) is 3. The van der Waals surface area contributed by atoms with Crippen LogP contribution in [0, 0.1) is 0 Å². The molecule has 0 unspecified atom stereocenters. The fraction of sp³-hybridized carbons (Fsp3) is 0.238. The zero-order valence-electron chi connectivity index (χ0n) is 14.8. The van der Waals surface area contributed by atoms with Crippen molar-refractivity contribution >= 4 is 46.3 Å². The molecule has 27 heavy (non-hydrogen) atoms. The monoisotopic (exact) mass is 400 g/mol. The summed E-state index contributed by atoms with van der Waals surface area (Å²) in [6.45, 7) is 1.51. The van der Waals surface area contributed by atoms with Crippen LogP contribution in [0.2, 0.25) is 10.0 Å². The Hall–Kier alpha value is -2.30. The molecule has 4 nitrogen and oxygen atoms in total. The van der Waals surface area contributed by atoms with Crippen molar-refractivity contribution < 1.29 is 9.59 Å². The highest BCUT2D eigenvalue weighted by Gasteiger charge is 2.39. The Labute approximate surface area is 167 Å². The summed E-state index contributed by atoms with van der Waals surface area (Å²) in [6.07, 6.45) is 2.00. The van der Waals surface area contributed by atoms with Gasteiger partial charge < -0.3 is 5.32 Å². The van der Waals surface area contributed by atoms with E-state index in [2.05, 4.69) is 5.32 Å². The minimum Gasteiger partial charge on any atom is -0.357 e. The van der Waals surface area contributed by atoms with Gasteiger partial charge in [0.2, 0.25) is 5.91 Å². The molecule has 6 heteroatoms. The van der Waals surface area contributed by atoms with E-state index in [4.69, 9.17) is 23.2 Å². The fourth-order valence-corrected chi connectivity index (χ4v) is 4.41. The third kappa shape index (κ3) is 3.13. The largest absolute Gasteiger partial charge is 0.357 e. The smallest absolute Gasteiger partial charge is 0.224 e. The highest BCUT2D eigenvalue weighted by Crippen LogP contribution is 2.46. The van der Waals surface area contributed by atoms with Crippen molar-refractivity contribution in [3.63, 3.8) is 0 Å². The molecule has 0 fully saturated rings. The third-order valence-electron chi connectivity index (χ3n) is 5.03. The first-order chi connectivity index (χ1) is 13.0. The van der Waals surface area contributed by atoms with Gasteiger partial charge in [0, 0.05) is 34.7 Å². The summed E-state index contributed by atoms with van der Waals surface area (Å²) in [5.41, 5.74) is 3.69. The number of carbonyl (C=O) groups is 2. The maximum absolute atomic E-state index is 13.0. The number of benzene rings is 2. The fourth-order valence-electron chi connectivity index (χ4n) is 3.90. The van der Waals surface area contributed by atoms with Gasteiger partial charge in [0.25, 0.3) is 0 Å². The zero-order valence-corrected chi connectivity index (χ0v) is 16.3. The summed E-state index contributed by atoms with van der Waals surface area (Å²) >= 11 is 12.6. The molecule has 0 spiro atoms. The number of halogens is 2. The molecule has 4 rings (SSSR count). The molecule has 0 saturated carbocycles. The molecule has 0 radical (unpaired) electrons. The Balaban J connectivity index is 2.03. The van der Waals surface area contributed by atoms with Gasteiger partial charge in [-0.25, -0.2) is 0 Å². The van der Waals surface area contributed by atoms with Crippen LogP contribution in [-0.2, 0) is 9.59 Å². The average molecular weight is 401 g/mol. The quantitative estimate of drug-likeness (QED) is 0.685. The van der Waals surface area contributed by atoms with Crippen molar-refractivity contribution in [1.82, 2.24) is 0 Å². The molecule has 0 bridgehead atoms. The van der Waals surface area contributed by atoms with Crippen LogP contribution < -0.4 is 10.2 Å². The van der Waals surface area contributed by atoms with E-state index in [1.54, 1.807) is 23.1 Å². The normalized spacial score (nSPS) is 19.1. The first-order valence-corrected chi connectivity index (χ1v) is 9.60. The van der Waals surface area contributed by atoms with Gasteiger partial charge in [-0.1, -0.05) is 41.4 Å². The Morgan fingerprint density at radius 2 is 1.93 bits per heavy atom. The molecule has 2 aromatic rings. The third-order valence-corrected chi connectivity index (χ3v) is 5.60. The van der Waals surface area contributed by atoms with Gasteiger partial charge in [-0.05, 0) is 42.7 Å². The van der Waals surface area contributed by atoms with Crippen molar-refractivity contribution in [2.24, 2.45) is 0 Å². The van der Waals surface area contributed by atoms with Gasteiger partial charge in [-0.15, -0.1) is 0 Å². The van der Waals surface area contributed by atoms with Gasteiger partial charge in [0.15, 0.2) is 5.78 Å². The Morgan fingerprint density at radius 3 is 2.67 bits per heavy atom. The van der Waals surface area contributed by atoms with E-state index < -0.39 is 6.04 Å². The summed E-state index contributed by atoms with van der Waals surface area (Å²) in [7, 11) is 0. The van der Waals surface area contributed by atoms with Gasteiger partial charge >= 0.3 is 0 Å². The molecular weight excluding hydrogens is 383 g/mol. The molecule has 0 saturated heterocycles. The number of allylic oxidation sites excluding steroid dienone is 1. The van der Waals surface area contributed by atoms with Gasteiger partial charge in [-0.3, -0.25) is 14.5 Å². The Bertz CT molecular complexity index is 984. The maximum atomic E-state index is 13.0. The molecule has 1 heterocycles. The van der Waals surface area contributed by atoms with Crippen molar-refractivity contribution in [2.45, 2.75) is 32.2 Å². The molecule has 1 amide bonds. The predicted molar refractivity (Wildman–Crippen MR) is 108 cm³/mol. The summed E-state index contributed by atoms with van der Waals surface area (Å²) in [6, 6.07) is 12.2. The molecule has 1 N–H and O–H groups in total. The predicted octanol–water partition coefficient (Wildman–Crippen LogP) is 5.52. The van der Waals surface area contributed by atoms with E-state index in [-0.39, 0.29) is 11.7 Å².